The molecule has 130 valence electrons. The summed E-state index contributed by atoms with van der Waals surface area (Å²) in [5.41, 5.74) is 1.11. The zero-order chi connectivity index (χ0) is 17.7. The minimum absolute atomic E-state index is 0.147. The van der Waals surface area contributed by atoms with Crippen molar-refractivity contribution in [3.05, 3.63) is 46.8 Å². The predicted octanol–water partition coefficient (Wildman–Crippen LogP) is 2.79. The van der Waals surface area contributed by atoms with Crippen LogP contribution in [0.1, 0.15) is 0 Å². The first kappa shape index (κ1) is 15.0. The monoisotopic (exact) mass is 368 g/mol. The van der Waals surface area contributed by atoms with Gasteiger partial charge >= 0.3 is 0 Å². The highest BCUT2D eigenvalue weighted by molar-refractivity contribution is 7.20. The van der Waals surface area contributed by atoms with Crippen molar-refractivity contribution in [1.29, 1.82) is 0 Å². The van der Waals surface area contributed by atoms with Gasteiger partial charge in [-0.2, -0.15) is 4.52 Å². The highest BCUT2D eigenvalue weighted by Crippen LogP contribution is 2.35. The van der Waals surface area contributed by atoms with Gasteiger partial charge < -0.3 is 19.5 Å². The smallest absolute Gasteiger partial charge is 0.283 e. The van der Waals surface area contributed by atoms with Gasteiger partial charge in [0, 0.05) is 17.8 Å². The van der Waals surface area contributed by atoms with E-state index in [0.29, 0.717) is 32.5 Å². The van der Waals surface area contributed by atoms with Crippen molar-refractivity contribution in [1.82, 2.24) is 14.6 Å². The number of nitrogens with zero attached hydrogens (tertiary/aromatic N) is 3. The molecule has 1 N–H and O–H groups in total. The summed E-state index contributed by atoms with van der Waals surface area (Å²) < 4.78 is 17.2. The first-order valence-corrected chi connectivity index (χ1v) is 8.57. The minimum Gasteiger partial charge on any atom is -0.497 e. The standard InChI is InChI=1S/C17H12N4O4S/c1-23-10-4-2-3-9(5-10)18-16-20-21-15(22)11-6-13-14(25-8-24-13)7-12(11)19-17(21)26-16/h2-7H,8H2,1H3,(H,18,20). The highest BCUT2D eigenvalue weighted by Gasteiger charge is 2.18. The molecule has 2 aromatic heterocycles. The average molecular weight is 368 g/mol. The normalized spacial score (nSPS) is 12.7. The molecule has 0 aliphatic carbocycles. The lowest BCUT2D eigenvalue weighted by molar-refractivity contribution is 0.174. The molecule has 1 aliphatic heterocycles. The third-order valence-electron chi connectivity index (χ3n) is 4.01. The molecule has 9 heteroatoms. The van der Waals surface area contributed by atoms with Gasteiger partial charge in [0.2, 0.25) is 16.9 Å². The Bertz CT molecular complexity index is 1220. The number of rotatable bonds is 3. The molecule has 0 saturated carbocycles. The Balaban J connectivity index is 1.61. The van der Waals surface area contributed by atoms with Crippen LogP contribution in [0.25, 0.3) is 15.9 Å². The van der Waals surface area contributed by atoms with Gasteiger partial charge in [0.15, 0.2) is 11.5 Å². The van der Waals surface area contributed by atoms with Gasteiger partial charge in [-0.05, 0) is 18.2 Å². The van der Waals surface area contributed by atoms with Gasteiger partial charge in [-0.25, -0.2) is 4.98 Å². The fourth-order valence-corrected chi connectivity index (χ4v) is 3.59. The van der Waals surface area contributed by atoms with Crippen molar-refractivity contribution in [2.45, 2.75) is 0 Å². The van der Waals surface area contributed by atoms with Crippen LogP contribution in [-0.2, 0) is 0 Å². The molecule has 0 spiro atoms. The number of nitrogens with one attached hydrogen (secondary N) is 1. The van der Waals surface area contributed by atoms with E-state index in [4.69, 9.17) is 14.2 Å². The summed E-state index contributed by atoms with van der Waals surface area (Å²) in [5, 5.41) is 8.51. The summed E-state index contributed by atoms with van der Waals surface area (Å²) in [6.07, 6.45) is 0. The lowest BCUT2D eigenvalue weighted by atomic mass is 10.2. The molecule has 4 aromatic rings. The van der Waals surface area contributed by atoms with E-state index in [1.54, 1.807) is 19.2 Å². The van der Waals surface area contributed by atoms with Gasteiger partial charge in [0.05, 0.1) is 18.0 Å². The van der Waals surface area contributed by atoms with Crippen LogP contribution >= 0.6 is 11.3 Å². The van der Waals surface area contributed by atoms with E-state index in [9.17, 15) is 4.79 Å². The van der Waals surface area contributed by atoms with Crippen LogP contribution in [0.5, 0.6) is 17.2 Å². The molecule has 0 radical (unpaired) electrons. The maximum Gasteiger partial charge on any atom is 0.283 e. The second-order valence-corrected chi connectivity index (χ2v) is 6.55. The third-order valence-corrected chi connectivity index (χ3v) is 4.83. The summed E-state index contributed by atoms with van der Waals surface area (Å²) in [4.78, 5) is 17.8. The van der Waals surface area contributed by atoms with Crippen molar-refractivity contribution in [2.24, 2.45) is 0 Å². The Morgan fingerprint density at radius 1 is 1.23 bits per heavy atom. The molecule has 1 aliphatic rings. The highest BCUT2D eigenvalue weighted by atomic mass is 32.1. The van der Waals surface area contributed by atoms with E-state index in [0.717, 1.165) is 11.4 Å². The lowest BCUT2D eigenvalue weighted by Gasteiger charge is -2.04. The van der Waals surface area contributed by atoms with Crippen molar-refractivity contribution in [3.63, 3.8) is 0 Å². The van der Waals surface area contributed by atoms with E-state index in [2.05, 4.69) is 15.4 Å². The van der Waals surface area contributed by atoms with Crippen molar-refractivity contribution >= 4 is 38.0 Å². The Morgan fingerprint density at radius 2 is 2.08 bits per heavy atom. The van der Waals surface area contributed by atoms with E-state index >= 15 is 0 Å². The molecule has 0 fully saturated rings. The van der Waals surface area contributed by atoms with Crippen LogP contribution in [0.15, 0.2) is 41.2 Å². The molecule has 26 heavy (non-hydrogen) atoms. The van der Waals surface area contributed by atoms with Crippen LogP contribution < -0.4 is 25.1 Å². The average Bonchev–Trinajstić information content (AvgIpc) is 3.27. The summed E-state index contributed by atoms with van der Waals surface area (Å²) in [5.74, 6) is 1.86. The van der Waals surface area contributed by atoms with Gasteiger partial charge in [-0.15, -0.1) is 5.10 Å². The van der Waals surface area contributed by atoms with Crippen LogP contribution in [0.4, 0.5) is 10.8 Å². The summed E-state index contributed by atoms with van der Waals surface area (Å²) in [6.45, 7) is 0.147. The van der Waals surface area contributed by atoms with Gasteiger partial charge in [-0.1, -0.05) is 17.4 Å². The molecule has 3 heterocycles. The summed E-state index contributed by atoms with van der Waals surface area (Å²) in [6, 6.07) is 10.8. The van der Waals surface area contributed by atoms with Crippen LogP contribution in [0.2, 0.25) is 0 Å². The van der Waals surface area contributed by atoms with Crippen LogP contribution in [0, 0.1) is 0 Å². The largest absolute Gasteiger partial charge is 0.497 e. The summed E-state index contributed by atoms with van der Waals surface area (Å²) >= 11 is 1.28. The van der Waals surface area contributed by atoms with Crippen molar-refractivity contribution in [2.75, 3.05) is 19.2 Å². The Labute approximate surface area is 150 Å². The Kier molecular flexibility index (Phi) is 3.22. The molecule has 8 nitrogen and oxygen atoms in total. The number of anilines is 2. The van der Waals surface area contributed by atoms with E-state index in [1.165, 1.54) is 15.9 Å². The van der Waals surface area contributed by atoms with E-state index in [1.807, 2.05) is 24.3 Å². The van der Waals surface area contributed by atoms with E-state index < -0.39 is 0 Å². The minimum atomic E-state index is -0.252. The number of benzene rings is 2. The van der Waals surface area contributed by atoms with Crippen LogP contribution in [-0.4, -0.2) is 28.5 Å². The van der Waals surface area contributed by atoms with Gasteiger partial charge in [0.1, 0.15) is 5.75 Å². The third kappa shape index (κ3) is 2.32. The Morgan fingerprint density at radius 3 is 2.92 bits per heavy atom. The van der Waals surface area contributed by atoms with Crippen molar-refractivity contribution < 1.29 is 14.2 Å². The quantitative estimate of drug-likeness (QED) is 0.595. The number of hydrogen-bond donors (Lipinski definition) is 1. The molecule has 0 atom stereocenters. The zero-order valence-electron chi connectivity index (χ0n) is 13.6. The molecule has 0 bridgehead atoms. The fraction of sp³-hybridized carbons (Fsp3) is 0.118. The van der Waals surface area contributed by atoms with Crippen molar-refractivity contribution in [3.8, 4) is 17.2 Å². The maximum absolute atomic E-state index is 12.8. The molecule has 0 saturated heterocycles. The van der Waals surface area contributed by atoms with Gasteiger partial charge in [-0.3, -0.25) is 4.79 Å². The second kappa shape index (κ2) is 5.60. The molecule has 0 amide bonds. The van der Waals surface area contributed by atoms with Crippen LogP contribution in [0.3, 0.4) is 0 Å². The molecule has 2 aromatic carbocycles. The SMILES string of the molecule is COc1cccc(Nc2nn3c(=O)c4cc5c(cc4nc3s2)OCO5)c1. The van der Waals surface area contributed by atoms with Gasteiger partial charge in [0.25, 0.3) is 5.56 Å². The first-order chi connectivity index (χ1) is 12.7. The zero-order valence-corrected chi connectivity index (χ0v) is 14.4. The number of methoxy groups -OCH3 is 1. The second-order valence-electron chi connectivity index (χ2n) is 5.60. The fourth-order valence-electron chi connectivity index (χ4n) is 2.77. The maximum atomic E-state index is 12.8. The Hall–Kier alpha value is -3.33. The van der Waals surface area contributed by atoms with E-state index in [-0.39, 0.29) is 12.4 Å². The summed E-state index contributed by atoms with van der Waals surface area (Å²) in [7, 11) is 1.61. The number of aromatic nitrogens is 3. The lowest BCUT2D eigenvalue weighted by Crippen LogP contribution is -2.15. The number of hydrogen-bond acceptors (Lipinski definition) is 8. The topological polar surface area (TPSA) is 87.0 Å². The molecular formula is C17H12N4O4S. The molecular weight excluding hydrogens is 356 g/mol. The molecule has 0 unspecified atom stereocenters. The predicted molar refractivity (Wildman–Crippen MR) is 97.0 cm³/mol. The number of ether oxygens (including phenoxy) is 3. The number of fused-ring (bicyclic) bond motifs is 3. The molecule has 5 rings (SSSR count). The first-order valence-electron chi connectivity index (χ1n) is 7.75.